The number of imidazole rings is 1. The lowest BCUT2D eigenvalue weighted by atomic mass is 10.1. The summed E-state index contributed by atoms with van der Waals surface area (Å²) in [5, 5.41) is 3.03. The minimum atomic E-state index is -0.0611. The van der Waals surface area contributed by atoms with Gasteiger partial charge in [0.15, 0.2) is 11.5 Å². The van der Waals surface area contributed by atoms with Crippen LogP contribution >= 0.6 is 0 Å². The number of rotatable bonds is 12. The molecule has 0 bridgehead atoms. The number of nitrogens with zero attached hydrogens (tertiary/aromatic N) is 2. The lowest BCUT2D eigenvalue weighted by Crippen LogP contribution is -2.26. The predicted molar refractivity (Wildman–Crippen MR) is 149 cm³/mol. The van der Waals surface area contributed by atoms with Crippen molar-refractivity contribution >= 4 is 23.0 Å². The van der Waals surface area contributed by atoms with Crippen LogP contribution in [-0.2, 0) is 13.0 Å². The fourth-order valence-electron chi connectivity index (χ4n) is 4.31. The number of methoxy groups -OCH3 is 1. The highest BCUT2D eigenvalue weighted by Crippen LogP contribution is 2.29. The highest BCUT2D eigenvalue weighted by atomic mass is 16.5. The molecule has 0 spiro atoms. The van der Waals surface area contributed by atoms with E-state index in [4.69, 9.17) is 14.5 Å². The fraction of sp³-hybridized carbons (Fsp3) is 0.290. The van der Waals surface area contributed by atoms with Crippen LogP contribution in [0.1, 0.15) is 47.1 Å². The number of hydrogen-bond acceptors (Lipinski definition) is 4. The highest BCUT2D eigenvalue weighted by Gasteiger charge is 2.12. The van der Waals surface area contributed by atoms with Crippen LogP contribution in [0.4, 0.5) is 0 Å². The summed E-state index contributed by atoms with van der Waals surface area (Å²) < 4.78 is 13.8. The molecular formula is C31H35N3O3. The quantitative estimate of drug-likeness (QED) is 0.236. The number of para-hydroxylation sites is 2. The Bertz CT molecular complexity index is 1360. The molecule has 0 fully saturated rings. The van der Waals surface area contributed by atoms with E-state index in [0.29, 0.717) is 25.1 Å². The van der Waals surface area contributed by atoms with E-state index >= 15 is 0 Å². The van der Waals surface area contributed by atoms with Gasteiger partial charge in [-0.05, 0) is 68.7 Å². The van der Waals surface area contributed by atoms with Gasteiger partial charge in [-0.15, -0.1) is 0 Å². The summed E-state index contributed by atoms with van der Waals surface area (Å²) in [5.41, 5.74) is 4.99. The molecule has 0 unspecified atom stereocenters. The molecule has 0 atom stereocenters. The summed E-state index contributed by atoms with van der Waals surface area (Å²) in [6, 6.07) is 21.8. The van der Waals surface area contributed by atoms with Crippen molar-refractivity contribution in [1.82, 2.24) is 14.9 Å². The molecule has 1 aromatic heterocycles. The van der Waals surface area contributed by atoms with Gasteiger partial charge in [-0.25, -0.2) is 4.98 Å². The largest absolute Gasteiger partial charge is 0.493 e. The lowest BCUT2D eigenvalue weighted by molar-refractivity contribution is 0.0954. The van der Waals surface area contributed by atoms with E-state index in [2.05, 4.69) is 16.0 Å². The fourth-order valence-corrected chi connectivity index (χ4v) is 4.31. The van der Waals surface area contributed by atoms with Crippen LogP contribution in [0, 0.1) is 6.92 Å². The Morgan fingerprint density at radius 1 is 1.03 bits per heavy atom. The first-order valence-electron chi connectivity index (χ1n) is 12.8. The topological polar surface area (TPSA) is 65.4 Å². The normalized spacial score (nSPS) is 11.2. The number of unbranched alkanes of at least 4 members (excludes halogenated alkanes) is 1. The van der Waals surface area contributed by atoms with E-state index in [1.54, 1.807) is 7.11 Å². The second kappa shape index (κ2) is 12.8. The number of aryl methyl sites for hydroxylation is 2. The molecule has 37 heavy (non-hydrogen) atoms. The van der Waals surface area contributed by atoms with E-state index in [9.17, 15) is 4.79 Å². The predicted octanol–water partition coefficient (Wildman–Crippen LogP) is 6.22. The maximum absolute atomic E-state index is 12.5. The molecule has 0 saturated heterocycles. The molecule has 3 aromatic carbocycles. The summed E-state index contributed by atoms with van der Waals surface area (Å²) in [6.45, 7) is 5.98. The summed E-state index contributed by atoms with van der Waals surface area (Å²) in [4.78, 5) is 17.3. The van der Waals surface area contributed by atoms with Gasteiger partial charge < -0.3 is 19.4 Å². The molecule has 192 valence electrons. The zero-order valence-corrected chi connectivity index (χ0v) is 21.9. The standard InChI is InChI=1S/C31H35N3O3/c1-4-9-24-14-17-28(29(22-24)36-3)37-21-8-7-20-34-27-11-6-5-10-26(27)33-30(34)18-19-32-31(35)25-15-12-23(2)13-16-25/h4-6,9-17,22H,7-8,18-21H2,1-3H3,(H,32,35)/b9-4+. The number of aromatic nitrogens is 2. The highest BCUT2D eigenvalue weighted by molar-refractivity contribution is 5.94. The number of amides is 1. The van der Waals surface area contributed by atoms with Crippen molar-refractivity contribution < 1.29 is 14.3 Å². The van der Waals surface area contributed by atoms with Gasteiger partial charge in [0.25, 0.3) is 5.91 Å². The van der Waals surface area contributed by atoms with Crippen LogP contribution < -0.4 is 14.8 Å². The number of hydrogen-bond donors (Lipinski definition) is 1. The van der Waals surface area contributed by atoms with E-state index in [1.165, 1.54) is 0 Å². The monoisotopic (exact) mass is 497 g/mol. The zero-order chi connectivity index (χ0) is 26.0. The first kappa shape index (κ1) is 26.0. The van der Waals surface area contributed by atoms with Gasteiger partial charge in [0.05, 0.1) is 24.8 Å². The molecule has 1 amide bonds. The Labute approximate surface area is 218 Å². The Morgan fingerprint density at radius 3 is 2.62 bits per heavy atom. The molecule has 6 heteroatoms. The number of allylic oxidation sites excluding steroid dienone is 1. The van der Waals surface area contributed by atoms with E-state index in [0.717, 1.165) is 58.9 Å². The van der Waals surface area contributed by atoms with Crippen molar-refractivity contribution in [1.29, 1.82) is 0 Å². The molecule has 0 saturated carbocycles. The molecule has 0 radical (unpaired) electrons. The molecule has 4 aromatic rings. The number of carbonyl (C=O) groups excluding carboxylic acids is 1. The van der Waals surface area contributed by atoms with Crippen LogP contribution in [0.25, 0.3) is 17.1 Å². The molecule has 6 nitrogen and oxygen atoms in total. The van der Waals surface area contributed by atoms with Gasteiger partial charge in [0.2, 0.25) is 0 Å². The first-order valence-corrected chi connectivity index (χ1v) is 12.8. The first-order chi connectivity index (χ1) is 18.1. The van der Waals surface area contributed by atoms with Crippen molar-refractivity contribution in [2.24, 2.45) is 0 Å². The number of ether oxygens (including phenoxy) is 2. The van der Waals surface area contributed by atoms with E-state index < -0.39 is 0 Å². The number of benzene rings is 3. The number of nitrogens with one attached hydrogen (secondary N) is 1. The van der Waals surface area contributed by atoms with Gasteiger partial charge in [-0.3, -0.25) is 4.79 Å². The van der Waals surface area contributed by atoms with Gasteiger partial charge in [-0.2, -0.15) is 0 Å². The van der Waals surface area contributed by atoms with Crippen LogP contribution in [-0.4, -0.2) is 35.7 Å². The van der Waals surface area contributed by atoms with E-state index in [-0.39, 0.29) is 5.91 Å². The van der Waals surface area contributed by atoms with Crippen molar-refractivity contribution in [2.75, 3.05) is 20.3 Å². The number of fused-ring (bicyclic) bond motifs is 1. The molecule has 0 aliphatic heterocycles. The van der Waals surface area contributed by atoms with Crippen LogP contribution in [0.5, 0.6) is 11.5 Å². The average Bonchev–Trinajstić information content (AvgIpc) is 3.26. The maximum atomic E-state index is 12.5. The van der Waals surface area contributed by atoms with Crippen LogP contribution in [0.3, 0.4) is 0 Å². The summed E-state index contributed by atoms with van der Waals surface area (Å²) in [5.74, 6) is 2.42. The Kier molecular flexibility index (Phi) is 8.98. The second-order valence-electron chi connectivity index (χ2n) is 9.01. The van der Waals surface area contributed by atoms with Crippen molar-refractivity contribution in [2.45, 2.75) is 39.7 Å². The zero-order valence-electron chi connectivity index (χ0n) is 21.9. The SMILES string of the molecule is C/C=C/c1ccc(OCCCCn2c(CCNC(=O)c3ccc(C)cc3)nc3ccccc32)c(OC)c1. The van der Waals surface area contributed by atoms with Crippen molar-refractivity contribution in [3.63, 3.8) is 0 Å². The molecule has 1 N–H and O–H groups in total. The summed E-state index contributed by atoms with van der Waals surface area (Å²) >= 11 is 0. The van der Waals surface area contributed by atoms with Gasteiger partial charge in [-0.1, -0.05) is 48.0 Å². The van der Waals surface area contributed by atoms with Crippen molar-refractivity contribution in [3.8, 4) is 11.5 Å². The summed E-state index contributed by atoms with van der Waals surface area (Å²) in [7, 11) is 1.66. The molecule has 4 rings (SSSR count). The molecule has 0 aliphatic rings. The second-order valence-corrected chi connectivity index (χ2v) is 9.01. The Morgan fingerprint density at radius 2 is 1.84 bits per heavy atom. The Hall–Kier alpha value is -4.06. The third kappa shape index (κ3) is 6.79. The average molecular weight is 498 g/mol. The van der Waals surface area contributed by atoms with E-state index in [1.807, 2.05) is 86.7 Å². The maximum Gasteiger partial charge on any atom is 0.251 e. The third-order valence-electron chi connectivity index (χ3n) is 6.26. The minimum Gasteiger partial charge on any atom is -0.493 e. The smallest absolute Gasteiger partial charge is 0.251 e. The molecule has 0 aliphatic carbocycles. The third-order valence-corrected chi connectivity index (χ3v) is 6.26. The lowest BCUT2D eigenvalue weighted by Gasteiger charge is -2.13. The van der Waals surface area contributed by atoms with Crippen LogP contribution in [0.15, 0.2) is 72.8 Å². The molecular weight excluding hydrogens is 462 g/mol. The van der Waals surface area contributed by atoms with Crippen molar-refractivity contribution in [3.05, 3.63) is 95.3 Å². The van der Waals surface area contributed by atoms with Crippen LogP contribution in [0.2, 0.25) is 0 Å². The Balaban J connectivity index is 1.33. The van der Waals surface area contributed by atoms with Gasteiger partial charge >= 0.3 is 0 Å². The minimum absolute atomic E-state index is 0.0611. The summed E-state index contributed by atoms with van der Waals surface area (Å²) in [6.07, 6.45) is 6.55. The van der Waals surface area contributed by atoms with Gasteiger partial charge in [0.1, 0.15) is 5.82 Å². The molecule has 1 heterocycles. The number of carbonyl (C=O) groups is 1. The van der Waals surface area contributed by atoms with Gasteiger partial charge in [0, 0.05) is 25.1 Å².